The Hall–Kier alpha value is -0.860. The average molecular weight is 235 g/mol. The van der Waals surface area contributed by atoms with Crippen LogP contribution in [0.1, 0.15) is 49.4 Å². The van der Waals surface area contributed by atoms with Crippen molar-refractivity contribution in [2.24, 2.45) is 11.7 Å². The molecule has 1 rings (SSSR count). The first-order valence-electron chi connectivity index (χ1n) is 6.43. The molecule has 96 valence electrons. The van der Waals surface area contributed by atoms with Gasteiger partial charge in [0.15, 0.2) is 0 Å². The predicted octanol–water partition coefficient (Wildman–Crippen LogP) is 3.10. The van der Waals surface area contributed by atoms with E-state index in [2.05, 4.69) is 39.8 Å². The van der Waals surface area contributed by atoms with Gasteiger partial charge in [-0.15, -0.1) is 0 Å². The highest BCUT2D eigenvalue weighted by atomic mass is 16.3. The molecular weight excluding hydrogens is 210 g/mol. The largest absolute Gasteiger partial charge is 0.391 e. The molecular formula is C15H25NO. The van der Waals surface area contributed by atoms with E-state index in [-0.39, 0.29) is 6.04 Å². The molecule has 17 heavy (non-hydrogen) atoms. The zero-order valence-corrected chi connectivity index (χ0v) is 11.4. The van der Waals surface area contributed by atoms with Gasteiger partial charge >= 0.3 is 0 Å². The highest BCUT2D eigenvalue weighted by Crippen LogP contribution is 2.25. The van der Waals surface area contributed by atoms with Crippen molar-refractivity contribution in [2.45, 2.75) is 52.7 Å². The molecule has 0 unspecified atom stereocenters. The number of aliphatic hydroxyl groups excluding tert-OH is 1. The fourth-order valence-corrected chi connectivity index (χ4v) is 2.23. The van der Waals surface area contributed by atoms with Crippen molar-refractivity contribution < 1.29 is 5.11 Å². The lowest BCUT2D eigenvalue weighted by Gasteiger charge is -2.23. The van der Waals surface area contributed by atoms with E-state index in [1.807, 2.05) is 6.07 Å². The van der Waals surface area contributed by atoms with Gasteiger partial charge in [-0.3, -0.25) is 0 Å². The van der Waals surface area contributed by atoms with Crippen molar-refractivity contribution in [3.8, 4) is 0 Å². The topological polar surface area (TPSA) is 46.2 Å². The number of benzene rings is 1. The molecule has 0 bridgehead atoms. The monoisotopic (exact) mass is 235 g/mol. The maximum absolute atomic E-state index is 10.1. The van der Waals surface area contributed by atoms with Gasteiger partial charge in [0.05, 0.1) is 12.1 Å². The fraction of sp³-hybridized carbons (Fsp3) is 0.600. The van der Waals surface area contributed by atoms with Gasteiger partial charge in [-0.05, 0) is 49.3 Å². The summed E-state index contributed by atoms with van der Waals surface area (Å²) in [5.74, 6) is 0.606. The Morgan fingerprint density at radius 3 is 2.12 bits per heavy atom. The smallest absolute Gasteiger partial charge is 0.0733 e. The second kappa shape index (κ2) is 6.18. The second-order valence-corrected chi connectivity index (χ2v) is 5.37. The van der Waals surface area contributed by atoms with Crippen LogP contribution in [-0.2, 0) is 0 Å². The second-order valence-electron chi connectivity index (χ2n) is 5.37. The SMILES string of the molecule is Cc1cccc(C)c1[C@@H](N)[C@@H](O)CCC(C)C. The lowest BCUT2D eigenvalue weighted by atomic mass is 9.90. The molecule has 1 aromatic carbocycles. The highest BCUT2D eigenvalue weighted by molar-refractivity contribution is 5.36. The first-order chi connectivity index (χ1) is 7.93. The van der Waals surface area contributed by atoms with E-state index in [9.17, 15) is 5.11 Å². The first kappa shape index (κ1) is 14.2. The lowest BCUT2D eigenvalue weighted by molar-refractivity contribution is 0.128. The molecule has 1 aromatic rings. The van der Waals surface area contributed by atoms with E-state index < -0.39 is 6.10 Å². The summed E-state index contributed by atoms with van der Waals surface area (Å²) >= 11 is 0. The average Bonchev–Trinajstić information content (AvgIpc) is 2.25. The van der Waals surface area contributed by atoms with Crippen molar-refractivity contribution in [1.82, 2.24) is 0 Å². The minimum Gasteiger partial charge on any atom is -0.391 e. The summed E-state index contributed by atoms with van der Waals surface area (Å²) < 4.78 is 0. The lowest BCUT2D eigenvalue weighted by Crippen LogP contribution is -2.28. The van der Waals surface area contributed by atoms with Crippen LogP contribution in [0.2, 0.25) is 0 Å². The van der Waals surface area contributed by atoms with E-state index in [1.165, 1.54) is 11.1 Å². The van der Waals surface area contributed by atoms with E-state index in [0.29, 0.717) is 5.92 Å². The van der Waals surface area contributed by atoms with Crippen molar-refractivity contribution in [2.75, 3.05) is 0 Å². The number of rotatable bonds is 5. The van der Waals surface area contributed by atoms with E-state index in [1.54, 1.807) is 0 Å². The predicted molar refractivity (Wildman–Crippen MR) is 72.9 cm³/mol. The number of hydrogen-bond acceptors (Lipinski definition) is 2. The molecule has 0 fully saturated rings. The van der Waals surface area contributed by atoms with Gasteiger partial charge in [-0.2, -0.15) is 0 Å². The van der Waals surface area contributed by atoms with E-state index >= 15 is 0 Å². The Labute approximate surface area is 105 Å². The maximum atomic E-state index is 10.1. The minimum atomic E-state index is -0.447. The van der Waals surface area contributed by atoms with Crippen molar-refractivity contribution in [3.63, 3.8) is 0 Å². The van der Waals surface area contributed by atoms with Gasteiger partial charge in [0.1, 0.15) is 0 Å². The molecule has 0 aliphatic carbocycles. The Kier molecular flexibility index (Phi) is 5.16. The standard InChI is InChI=1S/C15H25NO/c1-10(2)8-9-13(17)15(16)14-11(3)6-5-7-12(14)4/h5-7,10,13,15,17H,8-9,16H2,1-4H3/t13-,15-/m0/s1. The van der Waals surface area contributed by atoms with Crippen molar-refractivity contribution in [1.29, 1.82) is 0 Å². The van der Waals surface area contributed by atoms with Crippen LogP contribution in [0.25, 0.3) is 0 Å². The van der Waals surface area contributed by atoms with Gasteiger partial charge in [-0.1, -0.05) is 32.0 Å². The van der Waals surface area contributed by atoms with Crippen LogP contribution < -0.4 is 5.73 Å². The summed E-state index contributed by atoms with van der Waals surface area (Å²) in [5, 5.41) is 10.1. The molecule has 0 aromatic heterocycles. The van der Waals surface area contributed by atoms with Crippen LogP contribution in [0.15, 0.2) is 18.2 Å². The number of hydrogen-bond donors (Lipinski definition) is 2. The van der Waals surface area contributed by atoms with E-state index in [4.69, 9.17) is 5.73 Å². The zero-order valence-electron chi connectivity index (χ0n) is 11.4. The third-order valence-corrected chi connectivity index (χ3v) is 3.33. The highest BCUT2D eigenvalue weighted by Gasteiger charge is 2.20. The molecule has 0 radical (unpaired) electrons. The van der Waals surface area contributed by atoms with Gasteiger partial charge < -0.3 is 10.8 Å². The van der Waals surface area contributed by atoms with Gasteiger partial charge in [0, 0.05) is 0 Å². The van der Waals surface area contributed by atoms with Crippen LogP contribution >= 0.6 is 0 Å². The summed E-state index contributed by atoms with van der Waals surface area (Å²) in [6, 6.07) is 5.87. The summed E-state index contributed by atoms with van der Waals surface area (Å²) in [5.41, 5.74) is 9.61. The zero-order chi connectivity index (χ0) is 13.0. The molecule has 2 nitrogen and oxygen atoms in total. The van der Waals surface area contributed by atoms with Crippen LogP contribution in [0.4, 0.5) is 0 Å². The fourth-order valence-electron chi connectivity index (χ4n) is 2.23. The minimum absolute atomic E-state index is 0.269. The summed E-state index contributed by atoms with van der Waals surface area (Å²) in [4.78, 5) is 0. The Balaban J connectivity index is 2.78. The normalized spacial score (nSPS) is 15.0. The van der Waals surface area contributed by atoms with Crippen molar-refractivity contribution in [3.05, 3.63) is 34.9 Å². The summed E-state index contributed by atoms with van der Waals surface area (Å²) in [6.45, 7) is 8.43. The number of aliphatic hydroxyl groups is 1. The Morgan fingerprint density at radius 1 is 1.12 bits per heavy atom. The molecule has 2 heteroatoms. The molecule has 0 aliphatic rings. The van der Waals surface area contributed by atoms with Crippen LogP contribution in [0.5, 0.6) is 0 Å². The number of nitrogens with two attached hydrogens (primary N) is 1. The molecule has 0 heterocycles. The quantitative estimate of drug-likeness (QED) is 0.823. The van der Waals surface area contributed by atoms with Crippen molar-refractivity contribution >= 4 is 0 Å². The van der Waals surface area contributed by atoms with E-state index in [0.717, 1.165) is 18.4 Å². The van der Waals surface area contributed by atoms with Gasteiger partial charge in [0.25, 0.3) is 0 Å². The molecule has 0 saturated carbocycles. The third-order valence-electron chi connectivity index (χ3n) is 3.33. The van der Waals surface area contributed by atoms with Crippen LogP contribution in [-0.4, -0.2) is 11.2 Å². The maximum Gasteiger partial charge on any atom is 0.0733 e. The Bertz CT molecular complexity index is 340. The summed E-state index contributed by atoms with van der Waals surface area (Å²) in [7, 11) is 0. The first-order valence-corrected chi connectivity index (χ1v) is 6.43. The van der Waals surface area contributed by atoms with Crippen LogP contribution in [0.3, 0.4) is 0 Å². The van der Waals surface area contributed by atoms with Crippen LogP contribution in [0, 0.1) is 19.8 Å². The molecule has 0 spiro atoms. The molecule has 2 atom stereocenters. The summed E-state index contributed by atoms with van der Waals surface area (Å²) in [6.07, 6.45) is 1.34. The third kappa shape index (κ3) is 3.83. The number of aryl methyl sites for hydroxylation is 2. The molecule has 0 amide bonds. The molecule has 3 N–H and O–H groups in total. The van der Waals surface area contributed by atoms with Gasteiger partial charge in [0.2, 0.25) is 0 Å². The Morgan fingerprint density at radius 2 is 1.65 bits per heavy atom. The van der Waals surface area contributed by atoms with Gasteiger partial charge in [-0.25, -0.2) is 0 Å². The molecule has 0 aliphatic heterocycles. The molecule has 0 saturated heterocycles.